The van der Waals surface area contributed by atoms with Gasteiger partial charge in [-0.05, 0) is 48.0 Å². The first kappa shape index (κ1) is 13.1. The van der Waals surface area contributed by atoms with Crippen LogP contribution in [-0.4, -0.2) is 5.78 Å². The molecular weight excluding hydrogens is 312 g/mol. The van der Waals surface area contributed by atoms with E-state index in [1.807, 2.05) is 24.3 Å². The van der Waals surface area contributed by atoms with E-state index in [2.05, 4.69) is 15.9 Å². The minimum atomic E-state index is -0.0162. The largest absolute Gasteiger partial charge is 0.289 e. The molecule has 0 N–H and O–H groups in total. The number of hydrogen-bond acceptors (Lipinski definition) is 1. The maximum atomic E-state index is 11.9. The fraction of sp³-hybridized carbons (Fsp3) is 0. The van der Waals surface area contributed by atoms with Crippen LogP contribution < -0.4 is 0 Å². The van der Waals surface area contributed by atoms with Gasteiger partial charge in [0.1, 0.15) is 0 Å². The Morgan fingerprint density at radius 2 is 1.61 bits per heavy atom. The molecule has 1 nitrogen and oxygen atoms in total. The summed E-state index contributed by atoms with van der Waals surface area (Å²) >= 11 is 9.12. The lowest BCUT2D eigenvalue weighted by atomic mass is 10.1. The molecule has 3 heteroatoms. The second kappa shape index (κ2) is 5.98. The first-order valence-electron chi connectivity index (χ1n) is 5.39. The molecule has 0 saturated heterocycles. The highest BCUT2D eigenvalue weighted by molar-refractivity contribution is 9.10. The van der Waals surface area contributed by atoms with Gasteiger partial charge >= 0.3 is 0 Å². The van der Waals surface area contributed by atoms with E-state index in [9.17, 15) is 4.79 Å². The lowest BCUT2D eigenvalue weighted by Crippen LogP contribution is -1.92. The number of benzene rings is 2. The third-order valence-corrected chi connectivity index (χ3v) is 3.21. The summed E-state index contributed by atoms with van der Waals surface area (Å²) < 4.78 is 0.959. The molecule has 0 atom stereocenters. The summed E-state index contributed by atoms with van der Waals surface area (Å²) in [5.74, 6) is -0.0162. The zero-order valence-corrected chi connectivity index (χ0v) is 11.8. The molecule has 0 amide bonds. The minimum Gasteiger partial charge on any atom is -0.289 e. The molecule has 0 fully saturated rings. The van der Waals surface area contributed by atoms with Crippen LogP contribution in [0, 0.1) is 0 Å². The van der Waals surface area contributed by atoms with Gasteiger partial charge in [-0.1, -0.05) is 45.7 Å². The average Bonchev–Trinajstić information content (AvgIpc) is 2.38. The van der Waals surface area contributed by atoms with E-state index in [0.29, 0.717) is 10.6 Å². The second-order valence-corrected chi connectivity index (χ2v) is 5.11. The van der Waals surface area contributed by atoms with Crippen LogP contribution in [0.5, 0.6) is 0 Å². The summed E-state index contributed by atoms with van der Waals surface area (Å²) in [6.07, 6.45) is 3.34. The van der Waals surface area contributed by atoms with E-state index >= 15 is 0 Å². The van der Waals surface area contributed by atoms with Crippen LogP contribution in [0.3, 0.4) is 0 Å². The van der Waals surface area contributed by atoms with Crippen molar-refractivity contribution in [1.82, 2.24) is 0 Å². The summed E-state index contributed by atoms with van der Waals surface area (Å²) in [6.45, 7) is 0. The molecule has 2 rings (SSSR count). The lowest BCUT2D eigenvalue weighted by molar-refractivity contribution is 0.104. The van der Waals surface area contributed by atoms with Crippen LogP contribution in [-0.2, 0) is 0 Å². The number of rotatable bonds is 3. The second-order valence-electron chi connectivity index (χ2n) is 3.76. The van der Waals surface area contributed by atoms with Gasteiger partial charge < -0.3 is 0 Å². The Balaban J connectivity index is 2.11. The Kier molecular flexibility index (Phi) is 4.34. The van der Waals surface area contributed by atoms with Crippen LogP contribution in [0.4, 0.5) is 0 Å². The van der Waals surface area contributed by atoms with Gasteiger partial charge in [0.25, 0.3) is 0 Å². The van der Waals surface area contributed by atoms with Crippen molar-refractivity contribution in [3.8, 4) is 0 Å². The third kappa shape index (κ3) is 3.56. The van der Waals surface area contributed by atoms with E-state index in [-0.39, 0.29) is 5.78 Å². The highest BCUT2D eigenvalue weighted by Gasteiger charge is 2.00. The smallest absolute Gasteiger partial charge is 0.185 e. The van der Waals surface area contributed by atoms with E-state index in [1.165, 1.54) is 0 Å². The highest BCUT2D eigenvalue weighted by atomic mass is 79.9. The molecule has 0 heterocycles. The fourth-order valence-corrected chi connectivity index (χ4v) is 1.85. The Labute approximate surface area is 119 Å². The van der Waals surface area contributed by atoms with Crippen LogP contribution in [0.2, 0.25) is 5.02 Å². The lowest BCUT2D eigenvalue weighted by Gasteiger charge is -1.96. The predicted octanol–water partition coefficient (Wildman–Crippen LogP) is 5.00. The summed E-state index contributed by atoms with van der Waals surface area (Å²) in [5.41, 5.74) is 1.62. The van der Waals surface area contributed by atoms with Crippen molar-refractivity contribution in [3.63, 3.8) is 0 Å². The van der Waals surface area contributed by atoms with Gasteiger partial charge in [0.05, 0.1) is 0 Å². The summed E-state index contributed by atoms with van der Waals surface area (Å²) in [5, 5.41) is 0.686. The topological polar surface area (TPSA) is 17.1 Å². The maximum absolute atomic E-state index is 11.9. The molecule has 0 aliphatic heterocycles. The monoisotopic (exact) mass is 320 g/mol. The Hall–Kier alpha value is -1.38. The molecule has 0 aliphatic carbocycles. The van der Waals surface area contributed by atoms with Crippen LogP contribution in [0.1, 0.15) is 15.9 Å². The van der Waals surface area contributed by atoms with Gasteiger partial charge in [0, 0.05) is 15.1 Å². The fourth-order valence-electron chi connectivity index (χ4n) is 1.46. The summed E-state index contributed by atoms with van der Waals surface area (Å²) in [7, 11) is 0. The number of allylic oxidation sites excluding steroid dienone is 1. The molecule has 0 saturated carbocycles. The van der Waals surface area contributed by atoms with E-state index in [1.54, 1.807) is 36.4 Å². The van der Waals surface area contributed by atoms with Gasteiger partial charge in [0.2, 0.25) is 0 Å². The van der Waals surface area contributed by atoms with Crippen molar-refractivity contribution in [2.45, 2.75) is 0 Å². The molecule has 2 aromatic carbocycles. The number of ketones is 1. The zero-order valence-electron chi connectivity index (χ0n) is 9.44. The zero-order chi connectivity index (χ0) is 13.0. The quantitative estimate of drug-likeness (QED) is 0.574. The molecule has 0 radical (unpaired) electrons. The van der Waals surface area contributed by atoms with Crippen molar-refractivity contribution >= 4 is 39.4 Å². The predicted molar refractivity (Wildman–Crippen MR) is 79.0 cm³/mol. The van der Waals surface area contributed by atoms with E-state index in [4.69, 9.17) is 11.6 Å². The van der Waals surface area contributed by atoms with Gasteiger partial charge in [-0.25, -0.2) is 0 Å². The molecule has 0 bridgehead atoms. The summed E-state index contributed by atoms with van der Waals surface area (Å²) in [4.78, 5) is 11.9. The Morgan fingerprint density at radius 3 is 2.22 bits per heavy atom. The van der Waals surface area contributed by atoms with Crippen molar-refractivity contribution in [3.05, 3.63) is 75.2 Å². The highest BCUT2D eigenvalue weighted by Crippen LogP contribution is 2.13. The van der Waals surface area contributed by atoms with Crippen LogP contribution >= 0.6 is 27.5 Å². The molecule has 90 valence electrons. The van der Waals surface area contributed by atoms with Gasteiger partial charge in [0.15, 0.2) is 5.78 Å². The van der Waals surface area contributed by atoms with E-state index < -0.39 is 0 Å². The van der Waals surface area contributed by atoms with Gasteiger partial charge in [-0.2, -0.15) is 0 Å². The average molecular weight is 322 g/mol. The normalized spacial score (nSPS) is 10.8. The van der Waals surface area contributed by atoms with Gasteiger partial charge in [-0.15, -0.1) is 0 Å². The molecule has 0 spiro atoms. The maximum Gasteiger partial charge on any atom is 0.185 e. The SMILES string of the molecule is O=C(/C=C\c1ccc(Cl)cc1)c1ccc(Br)cc1. The van der Waals surface area contributed by atoms with E-state index in [0.717, 1.165) is 10.0 Å². The molecule has 0 aromatic heterocycles. The van der Waals surface area contributed by atoms with Gasteiger partial charge in [-0.3, -0.25) is 4.79 Å². The first-order chi connectivity index (χ1) is 8.65. The van der Waals surface area contributed by atoms with Crippen molar-refractivity contribution < 1.29 is 4.79 Å². The summed E-state index contributed by atoms with van der Waals surface area (Å²) in [6, 6.07) is 14.6. The Morgan fingerprint density at radius 1 is 1.00 bits per heavy atom. The number of carbonyl (C=O) groups excluding carboxylic acids is 1. The molecule has 2 aromatic rings. The third-order valence-electron chi connectivity index (χ3n) is 2.43. The number of carbonyl (C=O) groups is 1. The van der Waals surface area contributed by atoms with Crippen LogP contribution in [0.15, 0.2) is 59.1 Å². The molecule has 0 unspecified atom stereocenters. The first-order valence-corrected chi connectivity index (χ1v) is 6.56. The molecular formula is C15H10BrClO. The van der Waals surface area contributed by atoms with Crippen LogP contribution in [0.25, 0.3) is 6.08 Å². The van der Waals surface area contributed by atoms with Crippen molar-refractivity contribution in [1.29, 1.82) is 0 Å². The number of hydrogen-bond donors (Lipinski definition) is 0. The van der Waals surface area contributed by atoms with Crippen molar-refractivity contribution in [2.24, 2.45) is 0 Å². The Bertz CT molecular complexity index is 570. The molecule has 0 aliphatic rings. The van der Waals surface area contributed by atoms with Crippen molar-refractivity contribution in [2.75, 3.05) is 0 Å². The molecule has 18 heavy (non-hydrogen) atoms. The minimum absolute atomic E-state index is 0.0162. The number of halogens is 2. The standard InChI is InChI=1S/C15H10BrClO/c16-13-6-4-12(5-7-13)15(18)10-3-11-1-8-14(17)9-2-11/h1-10H/b10-3-.